The molecule has 2 saturated carbocycles. The van der Waals surface area contributed by atoms with Crippen molar-refractivity contribution in [3.05, 3.63) is 29.3 Å². The lowest BCUT2D eigenvalue weighted by atomic mass is 9.55. The number of aromatic hydroxyl groups is 1. The van der Waals surface area contributed by atoms with Gasteiger partial charge in [-0.05, 0) is 92.4 Å². The van der Waals surface area contributed by atoms with Gasteiger partial charge in [-0.2, -0.15) is 0 Å². The smallest absolute Gasteiger partial charge is 0.225 e. The Morgan fingerprint density at radius 2 is 2.08 bits per heavy atom. The molecule has 0 bridgehead atoms. The summed E-state index contributed by atoms with van der Waals surface area (Å²) in [6.45, 7) is 6.14. The Labute approximate surface area is 156 Å². The molecule has 2 fully saturated rings. The van der Waals surface area contributed by atoms with Crippen molar-refractivity contribution >= 4 is 5.91 Å². The normalized spacial score (nSPS) is 38.4. The van der Waals surface area contributed by atoms with Gasteiger partial charge in [-0.1, -0.05) is 13.0 Å². The highest BCUT2D eigenvalue weighted by Gasteiger charge is 2.59. The summed E-state index contributed by atoms with van der Waals surface area (Å²) in [5, 5.41) is 23.9. The maximum Gasteiger partial charge on any atom is 0.225 e. The molecule has 0 saturated heterocycles. The number of nitrogens with one attached hydrogen (secondary N) is 1. The van der Waals surface area contributed by atoms with E-state index < -0.39 is 6.10 Å². The van der Waals surface area contributed by atoms with E-state index in [1.807, 2.05) is 19.9 Å². The van der Waals surface area contributed by atoms with Crippen molar-refractivity contribution in [2.24, 2.45) is 23.2 Å². The highest BCUT2D eigenvalue weighted by atomic mass is 16.3. The summed E-state index contributed by atoms with van der Waals surface area (Å²) in [5.74, 6) is 1.49. The van der Waals surface area contributed by atoms with Gasteiger partial charge in [0.05, 0.1) is 12.0 Å². The number of phenols is 1. The molecule has 4 heteroatoms. The molecule has 4 rings (SSSR count). The highest BCUT2D eigenvalue weighted by molar-refractivity contribution is 5.80. The minimum atomic E-state index is -0.548. The molecule has 3 aliphatic carbocycles. The third kappa shape index (κ3) is 2.65. The zero-order valence-corrected chi connectivity index (χ0v) is 16.0. The van der Waals surface area contributed by atoms with Crippen molar-refractivity contribution in [3.8, 4) is 5.75 Å². The van der Waals surface area contributed by atoms with Gasteiger partial charge in [-0.25, -0.2) is 0 Å². The fraction of sp³-hybridized carbons (Fsp3) is 0.682. The maximum atomic E-state index is 12.6. The van der Waals surface area contributed by atoms with Crippen LogP contribution in [-0.2, 0) is 11.2 Å². The van der Waals surface area contributed by atoms with E-state index in [0.717, 1.165) is 32.1 Å². The molecule has 1 aromatic carbocycles. The Morgan fingerprint density at radius 1 is 1.31 bits per heavy atom. The van der Waals surface area contributed by atoms with Crippen LogP contribution in [0.5, 0.6) is 5.75 Å². The lowest BCUT2D eigenvalue weighted by Gasteiger charge is -2.50. The Balaban J connectivity index is 1.62. The summed E-state index contributed by atoms with van der Waals surface area (Å²) in [4.78, 5) is 12.6. The van der Waals surface area contributed by atoms with Crippen molar-refractivity contribution in [3.63, 3.8) is 0 Å². The molecule has 3 unspecified atom stereocenters. The Hall–Kier alpha value is -1.55. The van der Waals surface area contributed by atoms with E-state index >= 15 is 0 Å². The average molecular weight is 357 g/mol. The number of hydrogen-bond donors (Lipinski definition) is 3. The molecule has 0 heterocycles. The first kappa shape index (κ1) is 17.8. The summed E-state index contributed by atoms with van der Waals surface area (Å²) in [5.41, 5.74) is 2.50. The fourth-order valence-corrected chi connectivity index (χ4v) is 6.23. The SMILES string of the molecule is CC(C)NC(=O)[C@@H]1CC2C3CCc4cc(O)ccc4C3CC[C@]2(C)[C@H]1O. The standard InChI is InChI=1S/C22H31NO3/c1-12(2)23-21(26)18-11-19-17-6-4-13-10-14(24)5-7-15(13)16(17)8-9-22(19,3)20(18)25/h5,7,10,12,16-20,24-25H,4,6,8-9,11H2,1-3H3,(H,23,26)/t16?,17?,18-,19?,20+,22+/m1/s1. The molecule has 6 atom stereocenters. The molecule has 0 aliphatic heterocycles. The lowest BCUT2D eigenvalue weighted by molar-refractivity contribution is -0.130. The second kappa shape index (κ2) is 6.26. The second-order valence-electron chi connectivity index (χ2n) is 9.29. The molecule has 1 amide bonds. The first-order chi connectivity index (χ1) is 12.3. The molecule has 4 nitrogen and oxygen atoms in total. The lowest BCUT2D eigenvalue weighted by Crippen LogP contribution is -2.46. The minimum Gasteiger partial charge on any atom is -0.508 e. The van der Waals surface area contributed by atoms with Gasteiger partial charge in [0, 0.05) is 6.04 Å². The first-order valence-corrected chi connectivity index (χ1v) is 10.1. The van der Waals surface area contributed by atoms with E-state index in [2.05, 4.69) is 18.3 Å². The molecule has 26 heavy (non-hydrogen) atoms. The molecule has 0 aromatic heterocycles. The summed E-state index contributed by atoms with van der Waals surface area (Å²) >= 11 is 0. The van der Waals surface area contributed by atoms with Crippen LogP contribution in [0.3, 0.4) is 0 Å². The zero-order valence-electron chi connectivity index (χ0n) is 16.0. The number of carbonyl (C=O) groups excluding carboxylic acids is 1. The number of carbonyl (C=O) groups is 1. The van der Waals surface area contributed by atoms with Gasteiger partial charge in [0.2, 0.25) is 5.91 Å². The molecule has 0 spiro atoms. The maximum absolute atomic E-state index is 12.6. The molecule has 0 radical (unpaired) electrons. The number of amides is 1. The fourth-order valence-electron chi connectivity index (χ4n) is 6.23. The predicted octanol–water partition coefficient (Wildman–Crippen LogP) is 3.36. The largest absolute Gasteiger partial charge is 0.508 e. The second-order valence-corrected chi connectivity index (χ2v) is 9.29. The average Bonchev–Trinajstić information content (AvgIpc) is 2.85. The Morgan fingerprint density at radius 3 is 2.81 bits per heavy atom. The van der Waals surface area contributed by atoms with Crippen LogP contribution < -0.4 is 5.32 Å². The monoisotopic (exact) mass is 357 g/mol. The van der Waals surface area contributed by atoms with Crippen molar-refractivity contribution < 1.29 is 15.0 Å². The molecular weight excluding hydrogens is 326 g/mol. The van der Waals surface area contributed by atoms with Crippen LogP contribution in [0, 0.1) is 23.2 Å². The van der Waals surface area contributed by atoms with E-state index in [9.17, 15) is 15.0 Å². The third-order valence-electron chi connectivity index (χ3n) is 7.48. The minimum absolute atomic E-state index is 0.0146. The number of phenolic OH excluding ortho intramolecular Hbond substituents is 1. The van der Waals surface area contributed by atoms with Crippen molar-refractivity contribution in [2.45, 2.75) is 70.9 Å². The molecule has 142 valence electrons. The number of benzene rings is 1. The predicted molar refractivity (Wildman–Crippen MR) is 101 cm³/mol. The van der Waals surface area contributed by atoms with Crippen LogP contribution in [0.2, 0.25) is 0 Å². The van der Waals surface area contributed by atoms with Crippen LogP contribution in [0.15, 0.2) is 18.2 Å². The number of aliphatic hydroxyl groups is 1. The number of rotatable bonds is 2. The third-order valence-corrected chi connectivity index (χ3v) is 7.48. The van der Waals surface area contributed by atoms with Crippen LogP contribution in [0.25, 0.3) is 0 Å². The van der Waals surface area contributed by atoms with Gasteiger partial charge >= 0.3 is 0 Å². The highest BCUT2D eigenvalue weighted by Crippen LogP contribution is 2.62. The number of aryl methyl sites for hydroxylation is 1. The quantitative estimate of drug-likeness (QED) is 0.760. The molecule has 1 aromatic rings. The summed E-state index contributed by atoms with van der Waals surface area (Å²) in [7, 11) is 0. The molecular formula is C22H31NO3. The number of hydrogen-bond acceptors (Lipinski definition) is 3. The first-order valence-electron chi connectivity index (χ1n) is 10.1. The summed E-state index contributed by atoms with van der Waals surface area (Å²) in [6.07, 6.45) is 4.35. The van der Waals surface area contributed by atoms with E-state index in [0.29, 0.717) is 23.5 Å². The van der Waals surface area contributed by atoms with Gasteiger partial charge < -0.3 is 15.5 Å². The number of fused-ring (bicyclic) bond motifs is 5. The van der Waals surface area contributed by atoms with Gasteiger partial charge in [-0.3, -0.25) is 4.79 Å². The Kier molecular flexibility index (Phi) is 4.30. The van der Waals surface area contributed by atoms with Crippen molar-refractivity contribution in [1.82, 2.24) is 5.32 Å². The topological polar surface area (TPSA) is 69.6 Å². The van der Waals surface area contributed by atoms with Gasteiger partial charge in [0.15, 0.2) is 0 Å². The molecule has 3 aliphatic rings. The van der Waals surface area contributed by atoms with Gasteiger partial charge in [0.1, 0.15) is 5.75 Å². The van der Waals surface area contributed by atoms with Gasteiger partial charge in [-0.15, -0.1) is 0 Å². The Bertz CT molecular complexity index is 715. The zero-order chi connectivity index (χ0) is 18.6. The number of aliphatic hydroxyl groups excluding tert-OH is 1. The van der Waals surface area contributed by atoms with Crippen LogP contribution in [0.1, 0.15) is 63.5 Å². The van der Waals surface area contributed by atoms with Crippen molar-refractivity contribution in [1.29, 1.82) is 0 Å². The van der Waals surface area contributed by atoms with Crippen molar-refractivity contribution in [2.75, 3.05) is 0 Å². The van der Waals surface area contributed by atoms with E-state index in [1.165, 1.54) is 11.1 Å². The molecule has 3 N–H and O–H groups in total. The van der Waals surface area contributed by atoms with Gasteiger partial charge in [0.25, 0.3) is 0 Å². The van der Waals surface area contributed by atoms with E-state index in [1.54, 1.807) is 6.07 Å². The van der Waals surface area contributed by atoms with E-state index in [4.69, 9.17) is 0 Å². The van der Waals surface area contributed by atoms with E-state index in [-0.39, 0.29) is 23.3 Å². The van der Waals surface area contributed by atoms with Crippen LogP contribution >= 0.6 is 0 Å². The summed E-state index contributed by atoms with van der Waals surface area (Å²) in [6, 6.07) is 5.92. The summed E-state index contributed by atoms with van der Waals surface area (Å²) < 4.78 is 0. The van der Waals surface area contributed by atoms with Crippen LogP contribution in [-0.4, -0.2) is 28.3 Å². The van der Waals surface area contributed by atoms with Crippen LogP contribution in [0.4, 0.5) is 0 Å².